The van der Waals surface area contributed by atoms with Gasteiger partial charge in [0.1, 0.15) is 10.8 Å². The van der Waals surface area contributed by atoms with Crippen molar-refractivity contribution in [3.8, 4) is 10.6 Å². The fourth-order valence-corrected chi connectivity index (χ4v) is 4.14. The van der Waals surface area contributed by atoms with E-state index in [0.29, 0.717) is 22.0 Å². The van der Waals surface area contributed by atoms with E-state index in [1.807, 2.05) is 0 Å². The van der Waals surface area contributed by atoms with E-state index in [0.717, 1.165) is 17.0 Å². The number of thiazole rings is 1. The number of aliphatic hydroxyl groups excluding tert-OH is 1. The van der Waals surface area contributed by atoms with Crippen molar-refractivity contribution in [3.05, 3.63) is 39.6 Å². The second-order valence-electron chi connectivity index (χ2n) is 5.99. The standard InChI is InChI=1S/C15H15ClFNOS/c1-15(2)6-10-13(11(19)7-15)20-14(18-10)12-8(16)4-3-5-9(12)17/h3-5,11,19H,6-7H2,1-2H3. The van der Waals surface area contributed by atoms with Gasteiger partial charge >= 0.3 is 0 Å². The van der Waals surface area contributed by atoms with Crippen LogP contribution in [0.2, 0.25) is 5.02 Å². The first-order valence-electron chi connectivity index (χ1n) is 6.49. The van der Waals surface area contributed by atoms with Crippen molar-refractivity contribution in [2.45, 2.75) is 32.8 Å². The van der Waals surface area contributed by atoms with Gasteiger partial charge in [-0.2, -0.15) is 0 Å². The maximum atomic E-state index is 14.0. The SMILES string of the molecule is CC1(C)Cc2nc(-c3c(F)cccc3Cl)sc2C(O)C1. The van der Waals surface area contributed by atoms with Gasteiger partial charge in [-0.25, -0.2) is 9.37 Å². The van der Waals surface area contributed by atoms with Gasteiger partial charge < -0.3 is 5.11 Å². The number of hydrogen-bond donors (Lipinski definition) is 1. The van der Waals surface area contributed by atoms with Crippen molar-refractivity contribution < 1.29 is 9.50 Å². The van der Waals surface area contributed by atoms with Crippen LogP contribution in [0.4, 0.5) is 4.39 Å². The Morgan fingerprint density at radius 3 is 2.90 bits per heavy atom. The summed E-state index contributed by atoms with van der Waals surface area (Å²) in [5, 5.41) is 11.1. The van der Waals surface area contributed by atoms with Crippen LogP contribution in [-0.4, -0.2) is 10.1 Å². The maximum absolute atomic E-state index is 14.0. The van der Waals surface area contributed by atoms with E-state index in [1.54, 1.807) is 12.1 Å². The van der Waals surface area contributed by atoms with Crippen LogP contribution in [0.1, 0.15) is 36.9 Å². The minimum atomic E-state index is -0.523. The van der Waals surface area contributed by atoms with Crippen molar-refractivity contribution in [2.24, 2.45) is 5.41 Å². The molecular formula is C15H15ClFNOS. The number of halogens is 2. The van der Waals surface area contributed by atoms with Gasteiger partial charge in [0, 0.05) is 0 Å². The average Bonchev–Trinajstić information content (AvgIpc) is 2.70. The minimum Gasteiger partial charge on any atom is -0.387 e. The topological polar surface area (TPSA) is 33.1 Å². The van der Waals surface area contributed by atoms with Crippen LogP contribution in [0.3, 0.4) is 0 Å². The number of hydrogen-bond acceptors (Lipinski definition) is 3. The van der Waals surface area contributed by atoms with E-state index < -0.39 is 6.10 Å². The molecule has 3 rings (SSSR count). The van der Waals surface area contributed by atoms with Crippen LogP contribution < -0.4 is 0 Å². The molecule has 1 N–H and O–H groups in total. The Labute approximate surface area is 126 Å². The Morgan fingerprint density at radius 1 is 1.45 bits per heavy atom. The summed E-state index contributed by atoms with van der Waals surface area (Å²) in [6, 6.07) is 4.61. The molecule has 5 heteroatoms. The molecule has 1 atom stereocenters. The molecule has 1 aromatic heterocycles. The lowest BCUT2D eigenvalue weighted by molar-refractivity contribution is 0.102. The molecule has 2 nitrogen and oxygen atoms in total. The lowest BCUT2D eigenvalue weighted by atomic mass is 9.77. The number of fused-ring (bicyclic) bond motifs is 1. The zero-order valence-corrected chi connectivity index (χ0v) is 12.9. The molecule has 2 aromatic rings. The van der Waals surface area contributed by atoms with Crippen LogP contribution >= 0.6 is 22.9 Å². The van der Waals surface area contributed by atoms with Crippen molar-refractivity contribution >= 4 is 22.9 Å². The van der Waals surface area contributed by atoms with Gasteiger partial charge in [0.25, 0.3) is 0 Å². The van der Waals surface area contributed by atoms with E-state index in [9.17, 15) is 9.50 Å². The van der Waals surface area contributed by atoms with Crippen LogP contribution in [-0.2, 0) is 6.42 Å². The molecule has 1 aromatic carbocycles. The number of rotatable bonds is 1. The Morgan fingerprint density at radius 2 is 2.20 bits per heavy atom. The molecule has 0 fully saturated rings. The second kappa shape index (κ2) is 4.79. The highest BCUT2D eigenvalue weighted by Gasteiger charge is 2.34. The molecule has 106 valence electrons. The van der Waals surface area contributed by atoms with Crippen molar-refractivity contribution in [1.29, 1.82) is 0 Å². The number of aromatic nitrogens is 1. The first kappa shape index (κ1) is 14.0. The van der Waals surface area contributed by atoms with E-state index in [2.05, 4.69) is 18.8 Å². The smallest absolute Gasteiger partial charge is 0.134 e. The largest absolute Gasteiger partial charge is 0.387 e. The lowest BCUT2D eigenvalue weighted by Crippen LogP contribution is -2.24. The van der Waals surface area contributed by atoms with Gasteiger partial charge in [-0.15, -0.1) is 11.3 Å². The number of nitrogens with zero attached hydrogens (tertiary/aromatic N) is 1. The number of benzene rings is 1. The Bertz CT molecular complexity index is 648. The van der Waals surface area contributed by atoms with Crippen molar-refractivity contribution in [1.82, 2.24) is 4.98 Å². The van der Waals surface area contributed by atoms with Gasteiger partial charge in [0.05, 0.1) is 27.3 Å². The fourth-order valence-electron chi connectivity index (χ4n) is 2.70. The molecule has 1 aliphatic carbocycles. The summed E-state index contributed by atoms with van der Waals surface area (Å²) >= 11 is 7.42. The molecule has 0 saturated heterocycles. The van der Waals surface area contributed by atoms with E-state index in [4.69, 9.17) is 11.6 Å². The Hall–Kier alpha value is -0.970. The molecule has 0 bridgehead atoms. The predicted octanol–water partition coefficient (Wildman–Crippen LogP) is 4.61. The Kier molecular flexibility index (Phi) is 3.35. The third-order valence-electron chi connectivity index (χ3n) is 3.60. The second-order valence-corrected chi connectivity index (χ2v) is 7.43. The fraction of sp³-hybridized carbons (Fsp3) is 0.400. The molecule has 0 amide bonds. The van der Waals surface area contributed by atoms with Gasteiger partial charge in [-0.05, 0) is 30.4 Å². The van der Waals surface area contributed by atoms with Crippen LogP contribution in [0, 0.1) is 11.2 Å². The van der Waals surface area contributed by atoms with Gasteiger partial charge in [-0.3, -0.25) is 0 Å². The molecule has 0 saturated carbocycles. The summed E-state index contributed by atoms with van der Waals surface area (Å²) in [4.78, 5) is 5.37. The zero-order chi connectivity index (χ0) is 14.5. The molecule has 1 heterocycles. The molecule has 1 aliphatic rings. The summed E-state index contributed by atoms with van der Waals surface area (Å²) in [6.07, 6.45) is 0.972. The normalized spacial score (nSPS) is 20.8. The summed E-state index contributed by atoms with van der Waals surface area (Å²) in [6.45, 7) is 4.21. The summed E-state index contributed by atoms with van der Waals surface area (Å²) < 4.78 is 14.0. The maximum Gasteiger partial charge on any atom is 0.134 e. The molecule has 0 aliphatic heterocycles. The highest BCUT2D eigenvalue weighted by molar-refractivity contribution is 7.15. The van der Waals surface area contributed by atoms with Crippen LogP contribution in [0.25, 0.3) is 10.6 Å². The van der Waals surface area contributed by atoms with Gasteiger partial charge in [0.2, 0.25) is 0 Å². The quantitative estimate of drug-likeness (QED) is 0.834. The molecular weight excluding hydrogens is 297 g/mol. The highest BCUT2D eigenvalue weighted by atomic mass is 35.5. The summed E-state index contributed by atoms with van der Waals surface area (Å²) in [5.74, 6) is -0.377. The number of aliphatic hydroxyl groups is 1. The predicted molar refractivity (Wildman–Crippen MR) is 79.6 cm³/mol. The van der Waals surface area contributed by atoms with Crippen molar-refractivity contribution in [3.63, 3.8) is 0 Å². The van der Waals surface area contributed by atoms with E-state index in [-0.39, 0.29) is 11.2 Å². The summed E-state index contributed by atoms with van der Waals surface area (Å²) in [7, 11) is 0. The highest BCUT2D eigenvalue weighted by Crippen LogP contribution is 2.45. The van der Waals surface area contributed by atoms with Crippen LogP contribution in [0.15, 0.2) is 18.2 Å². The molecule has 0 spiro atoms. The average molecular weight is 312 g/mol. The lowest BCUT2D eigenvalue weighted by Gasteiger charge is -2.31. The zero-order valence-electron chi connectivity index (χ0n) is 11.3. The van der Waals surface area contributed by atoms with E-state index in [1.165, 1.54) is 17.4 Å². The van der Waals surface area contributed by atoms with Gasteiger partial charge in [0.15, 0.2) is 0 Å². The first-order valence-corrected chi connectivity index (χ1v) is 7.69. The first-order chi connectivity index (χ1) is 9.37. The molecule has 0 radical (unpaired) electrons. The molecule has 1 unspecified atom stereocenters. The van der Waals surface area contributed by atoms with Gasteiger partial charge in [-0.1, -0.05) is 31.5 Å². The third kappa shape index (κ3) is 2.36. The monoisotopic (exact) mass is 311 g/mol. The summed E-state index contributed by atoms with van der Waals surface area (Å²) in [5.41, 5.74) is 1.21. The Balaban J connectivity index is 2.11. The van der Waals surface area contributed by atoms with E-state index >= 15 is 0 Å². The minimum absolute atomic E-state index is 0.0107. The third-order valence-corrected chi connectivity index (χ3v) is 5.13. The molecule has 20 heavy (non-hydrogen) atoms. The van der Waals surface area contributed by atoms with Crippen LogP contribution in [0.5, 0.6) is 0 Å². The van der Waals surface area contributed by atoms with Crippen molar-refractivity contribution in [2.75, 3.05) is 0 Å².